The van der Waals surface area contributed by atoms with Crippen LogP contribution in [0.4, 0.5) is 5.69 Å². The number of methoxy groups -OCH3 is 1. The molecule has 2 aromatic rings. The number of hydrogen-bond donors (Lipinski definition) is 1. The lowest BCUT2D eigenvalue weighted by atomic mass is 10.1. The van der Waals surface area contributed by atoms with Gasteiger partial charge in [-0.3, -0.25) is 14.4 Å². The van der Waals surface area contributed by atoms with Crippen molar-refractivity contribution in [3.8, 4) is 5.75 Å². The van der Waals surface area contributed by atoms with E-state index in [0.29, 0.717) is 31.7 Å². The number of ether oxygens (including phenoxy) is 2. The van der Waals surface area contributed by atoms with Crippen molar-refractivity contribution in [3.05, 3.63) is 59.7 Å². The van der Waals surface area contributed by atoms with Gasteiger partial charge in [0.15, 0.2) is 6.61 Å². The Balaban J connectivity index is 1.37. The molecule has 8 heteroatoms. The number of benzene rings is 2. The van der Waals surface area contributed by atoms with Crippen molar-refractivity contribution in [1.29, 1.82) is 0 Å². The number of amides is 2. The van der Waals surface area contributed by atoms with Gasteiger partial charge < -0.3 is 24.6 Å². The fraction of sp³-hybridized carbons (Fsp3) is 0.348. The molecule has 1 aliphatic rings. The summed E-state index contributed by atoms with van der Waals surface area (Å²) in [4.78, 5) is 40.1. The number of esters is 1. The van der Waals surface area contributed by atoms with Gasteiger partial charge in [-0.05, 0) is 43.3 Å². The van der Waals surface area contributed by atoms with Crippen LogP contribution in [0.15, 0.2) is 48.5 Å². The molecule has 8 nitrogen and oxygen atoms in total. The lowest BCUT2D eigenvalue weighted by molar-refractivity contribution is -0.151. The van der Waals surface area contributed by atoms with Crippen LogP contribution >= 0.6 is 0 Å². The first-order chi connectivity index (χ1) is 15.0. The molecule has 0 saturated carbocycles. The second kappa shape index (κ2) is 10.5. The van der Waals surface area contributed by atoms with Crippen LogP contribution in [0.2, 0.25) is 0 Å². The van der Waals surface area contributed by atoms with Gasteiger partial charge in [0.2, 0.25) is 0 Å². The summed E-state index contributed by atoms with van der Waals surface area (Å²) in [5.74, 6) is -0.453. The SMILES string of the molecule is COc1ccc(N2CCN(C(=O)COC(=O)CNC(=O)c3ccc(C)cc3)CC2)cc1. The Labute approximate surface area is 181 Å². The van der Waals surface area contributed by atoms with Crippen LogP contribution in [0.25, 0.3) is 0 Å². The standard InChI is InChI=1S/C23H27N3O5/c1-17-3-5-18(6-4-17)23(29)24-15-22(28)31-16-21(27)26-13-11-25(12-14-26)19-7-9-20(30-2)10-8-19/h3-10H,11-16H2,1-2H3,(H,24,29). The van der Waals surface area contributed by atoms with Gasteiger partial charge in [-0.15, -0.1) is 0 Å². The van der Waals surface area contributed by atoms with Gasteiger partial charge in [0.05, 0.1) is 7.11 Å². The predicted molar refractivity (Wildman–Crippen MR) is 116 cm³/mol. The lowest BCUT2D eigenvalue weighted by Gasteiger charge is -2.36. The zero-order chi connectivity index (χ0) is 22.2. The molecule has 1 aliphatic heterocycles. The van der Waals surface area contributed by atoms with E-state index >= 15 is 0 Å². The number of carbonyl (C=O) groups excluding carboxylic acids is 3. The average molecular weight is 425 g/mol. The summed E-state index contributed by atoms with van der Waals surface area (Å²) >= 11 is 0. The highest BCUT2D eigenvalue weighted by Crippen LogP contribution is 2.20. The Kier molecular flexibility index (Phi) is 7.48. The van der Waals surface area contributed by atoms with E-state index in [1.54, 1.807) is 24.1 Å². The largest absolute Gasteiger partial charge is 0.497 e. The van der Waals surface area contributed by atoms with Gasteiger partial charge in [0, 0.05) is 37.4 Å². The zero-order valence-corrected chi connectivity index (χ0v) is 17.8. The van der Waals surface area contributed by atoms with E-state index in [1.165, 1.54) is 0 Å². The molecule has 1 saturated heterocycles. The van der Waals surface area contributed by atoms with E-state index in [0.717, 1.165) is 17.0 Å². The monoisotopic (exact) mass is 425 g/mol. The molecule has 0 aliphatic carbocycles. The number of nitrogens with one attached hydrogen (secondary N) is 1. The molecule has 2 aromatic carbocycles. The number of anilines is 1. The normalized spacial score (nSPS) is 13.5. The van der Waals surface area contributed by atoms with Gasteiger partial charge in [0.1, 0.15) is 12.3 Å². The minimum Gasteiger partial charge on any atom is -0.497 e. The molecule has 0 aromatic heterocycles. The van der Waals surface area contributed by atoms with Crippen molar-refractivity contribution in [2.75, 3.05) is 51.3 Å². The second-order valence-corrected chi connectivity index (χ2v) is 7.28. The van der Waals surface area contributed by atoms with E-state index < -0.39 is 5.97 Å². The van der Waals surface area contributed by atoms with Crippen molar-refractivity contribution in [3.63, 3.8) is 0 Å². The van der Waals surface area contributed by atoms with E-state index in [4.69, 9.17) is 9.47 Å². The Morgan fingerprint density at radius 2 is 1.58 bits per heavy atom. The lowest BCUT2D eigenvalue weighted by Crippen LogP contribution is -2.50. The highest BCUT2D eigenvalue weighted by Gasteiger charge is 2.22. The van der Waals surface area contributed by atoms with Crippen molar-refractivity contribution in [1.82, 2.24) is 10.2 Å². The van der Waals surface area contributed by atoms with E-state index in [-0.39, 0.29) is 25.0 Å². The maximum absolute atomic E-state index is 12.3. The van der Waals surface area contributed by atoms with Crippen molar-refractivity contribution >= 4 is 23.5 Å². The summed E-state index contributed by atoms with van der Waals surface area (Å²) in [7, 11) is 1.63. The fourth-order valence-corrected chi connectivity index (χ4v) is 3.25. The summed E-state index contributed by atoms with van der Waals surface area (Å²) in [6.45, 7) is 3.79. The number of aryl methyl sites for hydroxylation is 1. The quantitative estimate of drug-likeness (QED) is 0.679. The molecule has 31 heavy (non-hydrogen) atoms. The highest BCUT2D eigenvalue weighted by atomic mass is 16.5. The van der Waals surface area contributed by atoms with Crippen LogP contribution in [0.1, 0.15) is 15.9 Å². The van der Waals surface area contributed by atoms with Crippen LogP contribution in [0.3, 0.4) is 0 Å². The third kappa shape index (κ3) is 6.21. The molecule has 0 unspecified atom stereocenters. The van der Waals surface area contributed by atoms with Gasteiger partial charge in [-0.1, -0.05) is 17.7 Å². The number of nitrogens with zero attached hydrogens (tertiary/aromatic N) is 2. The van der Waals surface area contributed by atoms with Crippen LogP contribution in [0.5, 0.6) is 5.75 Å². The van der Waals surface area contributed by atoms with Gasteiger partial charge >= 0.3 is 5.97 Å². The van der Waals surface area contributed by atoms with Crippen molar-refractivity contribution in [2.45, 2.75) is 6.92 Å². The van der Waals surface area contributed by atoms with Crippen LogP contribution in [0, 0.1) is 6.92 Å². The van der Waals surface area contributed by atoms with Crippen LogP contribution < -0.4 is 15.0 Å². The number of piperazine rings is 1. The summed E-state index contributed by atoms with van der Waals surface area (Å²) in [5.41, 5.74) is 2.58. The topological polar surface area (TPSA) is 88.2 Å². The molecule has 2 amide bonds. The first-order valence-electron chi connectivity index (χ1n) is 10.1. The first-order valence-corrected chi connectivity index (χ1v) is 10.1. The molecule has 3 rings (SSSR count). The molecule has 1 heterocycles. The summed E-state index contributed by atoms with van der Waals surface area (Å²) in [6, 6.07) is 14.8. The third-order valence-electron chi connectivity index (χ3n) is 5.13. The first kappa shape index (κ1) is 22.1. The summed E-state index contributed by atoms with van der Waals surface area (Å²) < 4.78 is 10.2. The summed E-state index contributed by atoms with van der Waals surface area (Å²) in [5, 5.41) is 2.50. The molecule has 0 atom stereocenters. The van der Waals surface area contributed by atoms with Gasteiger partial charge in [-0.2, -0.15) is 0 Å². The Bertz CT molecular complexity index is 904. The molecular weight excluding hydrogens is 398 g/mol. The highest BCUT2D eigenvalue weighted by molar-refractivity contribution is 5.96. The Morgan fingerprint density at radius 3 is 2.19 bits per heavy atom. The maximum atomic E-state index is 12.3. The molecule has 0 bridgehead atoms. The predicted octanol–water partition coefficient (Wildman–Crippen LogP) is 1.63. The zero-order valence-electron chi connectivity index (χ0n) is 17.8. The number of hydrogen-bond acceptors (Lipinski definition) is 6. The second-order valence-electron chi connectivity index (χ2n) is 7.28. The molecule has 1 fully saturated rings. The molecule has 0 radical (unpaired) electrons. The Hall–Kier alpha value is -3.55. The molecule has 164 valence electrons. The minimum atomic E-state index is -0.648. The fourth-order valence-electron chi connectivity index (χ4n) is 3.25. The Morgan fingerprint density at radius 1 is 0.935 bits per heavy atom. The average Bonchev–Trinajstić information content (AvgIpc) is 2.81. The van der Waals surface area contributed by atoms with E-state index in [1.807, 2.05) is 43.3 Å². The minimum absolute atomic E-state index is 0.243. The number of rotatable bonds is 7. The smallest absolute Gasteiger partial charge is 0.325 e. The molecule has 1 N–H and O–H groups in total. The van der Waals surface area contributed by atoms with E-state index in [9.17, 15) is 14.4 Å². The van der Waals surface area contributed by atoms with Crippen LogP contribution in [-0.4, -0.2) is 69.1 Å². The van der Waals surface area contributed by atoms with Crippen molar-refractivity contribution < 1.29 is 23.9 Å². The summed E-state index contributed by atoms with van der Waals surface area (Å²) in [6.07, 6.45) is 0. The van der Waals surface area contributed by atoms with E-state index in [2.05, 4.69) is 10.2 Å². The molecular formula is C23H27N3O5. The van der Waals surface area contributed by atoms with Crippen LogP contribution in [-0.2, 0) is 14.3 Å². The van der Waals surface area contributed by atoms with Gasteiger partial charge in [0.25, 0.3) is 11.8 Å². The third-order valence-corrected chi connectivity index (χ3v) is 5.13. The molecule has 0 spiro atoms. The maximum Gasteiger partial charge on any atom is 0.325 e. The number of carbonyl (C=O) groups is 3. The van der Waals surface area contributed by atoms with Gasteiger partial charge in [-0.25, -0.2) is 0 Å². The van der Waals surface area contributed by atoms with Crippen molar-refractivity contribution in [2.24, 2.45) is 0 Å².